The van der Waals surface area contributed by atoms with E-state index in [9.17, 15) is 4.79 Å². The Hall–Kier alpha value is -3.64. The third kappa shape index (κ3) is 4.22. The maximum Gasteiger partial charge on any atom is 0.373 e. The number of aryl methyl sites for hydroxylation is 3. The summed E-state index contributed by atoms with van der Waals surface area (Å²) in [4.78, 5) is 28.4. The van der Waals surface area contributed by atoms with Crippen LogP contribution in [0.1, 0.15) is 64.3 Å². The molecule has 1 heterocycles. The molecule has 1 N–H and O–H groups in total. The van der Waals surface area contributed by atoms with E-state index in [0.717, 1.165) is 30.4 Å². The van der Waals surface area contributed by atoms with Crippen LogP contribution in [0, 0.1) is 12.8 Å². The van der Waals surface area contributed by atoms with Crippen LogP contribution in [0.15, 0.2) is 36.4 Å². The molecule has 4 rings (SSSR count). The van der Waals surface area contributed by atoms with Crippen molar-refractivity contribution in [2.45, 2.75) is 45.4 Å². The predicted molar refractivity (Wildman–Crippen MR) is 115 cm³/mol. The van der Waals surface area contributed by atoms with E-state index in [1.165, 1.54) is 23.8 Å². The molecule has 1 unspecified atom stereocenters. The normalized spacial score (nSPS) is 16.7. The van der Waals surface area contributed by atoms with Crippen molar-refractivity contribution in [3.05, 3.63) is 75.6 Å². The maximum absolute atomic E-state index is 12.2. The molecule has 0 saturated carbocycles. The molecule has 0 radical (unpaired) electrons. The number of ether oxygens (including phenoxy) is 1. The van der Waals surface area contributed by atoms with E-state index < -0.39 is 5.41 Å². The molecular formula is C24H26N4O4. The van der Waals surface area contributed by atoms with Crippen LogP contribution in [-0.4, -0.2) is 39.9 Å². The molecule has 32 heavy (non-hydrogen) atoms. The quantitative estimate of drug-likeness (QED) is 0.627. The lowest BCUT2D eigenvalue weighted by molar-refractivity contribution is -0.191. The molecule has 1 atom stereocenters. The average molecular weight is 434 g/mol. The van der Waals surface area contributed by atoms with Crippen molar-refractivity contribution >= 4 is 12.1 Å². The highest BCUT2D eigenvalue weighted by molar-refractivity contribution is 5.89. The fourth-order valence-electron chi connectivity index (χ4n) is 4.73. The molecule has 0 saturated heterocycles. The van der Waals surface area contributed by atoms with Crippen molar-refractivity contribution in [2.75, 3.05) is 7.11 Å². The molecule has 1 aliphatic carbocycles. The Morgan fingerprint density at radius 3 is 2.31 bits per heavy atom. The van der Waals surface area contributed by atoms with E-state index in [4.69, 9.17) is 14.3 Å². The number of carbonyl (C=O) groups is 1. The van der Waals surface area contributed by atoms with E-state index in [0.29, 0.717) is 17.3 Å². The largest absolute Gasteiger partial charge is 0.465 e. The van der Waals surface area contributed by atoms with Gasteiger partial charge in [-0.05, 0) is 66.5 Å². The second-order valence-electron chi connectivity index (χ2n) is 8.35. The Morgan fingerprint density at radius 1 is 1.12 bits per heavy atom. The van der Waals surface area contributed by atoms with Crippen LogP contribution in [0.3, 0.4) is 0 Å². The highest BCUT2D eigenvalue weighted by atomic mass is 16.5. The highest BCUT2D eigenvalue weighted by Crippen LogP contribution is 2.47. The SMILES string of the molecule is COC(=O)c1ccc2c(c1)CCc1cc(C)ccc1C2(CC(C)C)c1nn[nH]n1.O=C=O. The van der Waals surface area contributed by atoms with E-state index in [-0.39, 0.29) is 12.1 Å². The van der Waals surface area contributed by atoms with Gasteiger partial charge in [0.15, 0.2) is 5.82 Å². The Bertz CT molecular complexity index is 1130. The second kappa shape index (κ2) is 9.66. The molecule has 0 spiro atoms. The number of rotatable bonds is 4. The van der Waals surface area contributed by atoms with E-state index in [1.807, 2.05) is 12.1 Å². The molecule has 166 valence electrons. The lowest BCUT2D eigenvalue weighted by Crippen LogP contribution is -2.34. The Balaban J connectivity index is 0.000000913. The van der Waals surface area contributed by atoms with Crippen molar-refractivity contribution in [1.82, 2.24) is 20.6 Å². The summed E-state index contributed by atoms with van der Waals surface area (Å²) in [5, 5.41) is 15.5. The molecule has 3 aromatic rings. The summed E-state index contributed by atoms with van der Waals surface area (Å²) in [6.07, 6.45) is 2.83. The lowest BCUT2D eigenvalue weighted by Gasteiger charge is -2.35. The summed E-state index contributed by atoms with van der Waals surface area (Å²) >= 11 is 0. The van der Waals surface area contributed by atoms with Gasteiger partial charge in [0.1, 0.15) is 0 Å². The minimum atomic E-state index is -0.523. The molecular weight excluding hydrogens is 408 g/mol. The number of tetrazole rings is 1. The summed E-state index contributed by atoms with van der Waals surface area (Å²) in [5.41, 5.74) is 6.07. The smallest absolute Gasteiger partial charge is 0.373 e. The molecule has 0 bridgehead atoms. The first-order valence-corrected chi connectivity index (χ1v) is 10.4. The minimum Gasteiger partial charge on any atom is -0.465 e. The number of hydrogen-bond acceptors (Lipinski definition) is 7. The van der Waals surface area contributed by atoms with Crippen LogP contribution < -0.4 is 0 Å². The summed E-state index contributed by atoms with van der Waals surface area (Å²) < 4.78 is 4.95. The number of esters is 1. The van der Waals surface area contributed by atoms with E-state index in [2.05, 4.69) is 65.7 Å². The van der Waals surface area contributed by atoms with Gasteiger partial charge < -0.3 is 4.74 Å². The van der Waals surface area contributed by atoms with Crippen LogP contribution in [0.25, 0.3) is 0 Å². The third-order valence-corrected chi connectivity index (χ3v) is 5.81. The summed E-state index contributed by atoms with van der Waals surface area (Å²) in [6, 6.07) is 12.5. The van der Waals surface area contributed by atoms with Crippen LogP contribution in [0.5, 0.6) is 0 Å². The van der Waals surface area contributed by atoms with Gasteiger partial charge in [-0.25, -0.2) is 4.79 Å². The number of fused-ring (bicyclic) bond motifs is 2. The van der Waals surface area contributed by atoms with Crippen molar-refractivity contribution in [2.24, 2.45) is 5.92 Å². The number of aromatic nitrogens is 4. The first-order chi connectivity index (χ1) is 15.4. The Kier molecular flexibility index (Phi) is 6.95. The van der Waals surface area contributed by atoms with Crippen LogP contribution >= 0.6 is 0 Å². The van der Waals surface area contributed by atoms with Gasteiger partial charge in [-0.3, -0.25) is 0 Å². The molecule has 0 amide bonds. The fourth-order valence-corrected chi connectivity index (χ4v) is 4.73. The standard InChI is InChI=1S/C23H26N4O2.CO2/c1-14(2)13-23(22-24-26-27-25-22)19-9-5-15(3)11-16(19)6-7-17-12-18(21(28)29-4)8-10-20(17)23;2-1-3/h5,8-12,14H,6-7,13H2,1-4H3,(H,24,25,26,27);. The molecule has 1 aromatic heterocycles. The van der Waals surface area contributed by atoms with Crippen LogP contribution in [0.4, 0.5) is 0 Å². The molecule has 2 aromatic carbocycles. The number of nitrogens with zero attached hydrogens (tertiary/aromatic N) is 3. The zero-order valence-corrected chi connectivity index (χ0v) is 18.6. The number of aromatic amines is 1. The van der Waals surface area contributed by atoms with Gasteiger partial charge in [-0.15, -0.1) is 10.2 Å². The van der Waals surface area contributed by atoms with Gasteiger partial charge in [0.25, 0.3) is 0 Å². The van der Waals surface area contributed by atoms with Gasteiger partial charge in [0, 0.05) is 0 Å². The van der Waals surface area contributed by atoms with Gasteiger partial charge in [-0.1, -0.05) is 48.9 Å². The van der Waals surface area contributed by atoms with E-state index in [1.54, 1.807) is 0 Å². The zero-order chi connectivity index (χ0) is 23.3. The Labute approximate surface area is 186 Å². The summed E-state index contributed by atoms with van der Waals surface area (Å²) in [7, 11) is 1.41. The first kappa shape index (κ1) is 23.0. The summed E-state index contributed by atoms with van der Waals surface area (Å²) in [6.45, 7) is 6.54. The average Bonchev–Trinajstić information content (AvgIpc) is 3.27. The number of carbonyl (C=O) groups excluding carboxylic acids is 3. The molecule has 0 fully saturated rings. The number of benzene rings is 2. The monoisotopic (exact) mass is 434 g/mol. The Morgan fingerprint density at radius 2 is 1.75 bits per heavy atom. The number of H-pyrrole nitrogens is 1. The van der Waals surface area contributed by atoms with Crippen molar-refractivity contribution in [3.63, 3.8) is 0 Å². The van der Waals surface area contributed by atoms with Gasteiger partial charge in [0.2, 0.25) is 0 Å². The number of methoxy groups -OCH3 is 1. The topological polar surface area (TPSA) is 115 Å². The van der Waals surface area contributed by atoms with Gasteiger partial charge in [-0.2, -0.15) is 14.8 Å². The molecule has 1 aliphatic rings. The van der Waals surface area contributed by atoms with Crippen molar-refractivity contribution in [3.8, 4) is 0 Å². The van der Waals surface area contributed by atoms with Crippen molar-refractivity contribution in [1.29, 1.82) is 0 Å². The van der Waals surface area contributed by atoms with Crippen LogP contribution in [-0.2, 0) is 32.6 Å². The molecule has 8 heteroatoms. The van der Waals surface area contributed by atoms with E-state index >= 15 is 0 Å². The highest BCUT2D eigenvalue weighted by Gasteiger charge is 2.44. The third-order valence-electron chi connectivity index (χ3n) is 5.81. The van der Waals surface area contributed by atoms with Gasteiger partial charge in [0.05, 0.1) is 18.1 Å². The first-order valence-electron chi connectivity index (χ1n) is 10.4. The minimum absolute atomic E-state index is 0.250. The second-order valence-corrected chi connectivity index (χ2v) is 8.35. The zero-order valence-electron chi connectivity index (χ0n) is 18.6. The van der Waals surface area contributed by atoms with Crippen LogP contribution in [0.2, 0.25) is 0 Å². The van der Waals surface area contributed by atoms with Gasteiger partial charge >= 0.3 is 12.1 Å². The summed E-state index contributed by atoms with van der Waals surface area (Å²) in [5.74, 6) is 0.749. The fraction of sp³-hybridized carbons (Fsp3) is 0.375. The lowest BCUT2D eigenvalue weighted by atomic mass is 9.67. The molecule has 0 aliphatic heterocycles. The predicted octanol–water partition coefficient (Wildman–Crippen LogP) is 3.19. The number of hydrogen-bond donors (Lipinski definition) is 1. The number of nitrogens with one attached hydrogen (secondary N) is 1. The maximum atomic E-state index is 12.2. The molecule has 8 nitrogen and oxygen atoms in total. The van der Waals surface area contributed by atoms with Crippen molar-refractivity contribution < 1.29 is 19.1 Å².